The van der Waals surface area contributed by atoms with Gasteiger partial charge < -0.3 is 14.8 Å². The van der Waals surface area contributed by atoms with Crippen LogP contribution >= 0.6 is 34.2 Å². The Kier molecular flexibility index (Phi) is 7.67. The average Bonchev–Trinajstić information content (AvgIpc) is 2.39. The third kappa shape index (κ3) is 5.64. The van der Waals surface area contributed by atoms with E-state index in [4.69, 9.17) is 21.1 Å². The molecule has 1 N–H and O–H groups in total. The fraction of sp³-hybridized carbons (Fsp3) is 0.462. The Balaban J connectivity index is 2.61. The summed E-state index contributed by atoms with van der Waals surface area (Å²) >= 11 is 7.99. The molecule has 0 saturated carbocycles. The lowest BCUT2D eigenvalue weighted by molar-refractivity contribution is -0.131. The monoisotopic (exact) mass is 397 g/mol. The van der Waals surface area contributed by atoms with Gasteiger partial charge in [-0.05, 0) is 54.6 Å². The van der Waals surface area contributed by atoms with Gasteiger partial charge in [0.25, 0.3) is 5.91 Å². The highest BCUT2D eigenvalue weighted by Gasteiger charge is 2.14. The van der Waals surface area contributed by atoms with Crippen molar-refractivity contribution in [1.82, 2.24) is 5.32 Å². The van der Waals surface area contributed by atoms with Crippen molar-refractivity contribution in [2.24, 2.45) is 0 Å². The van der Waals surface area contributed by atoms with E-state index in [1.54, 1.807) is 18.2 Å². The maximum atomic E-state index is 12.0. The minimum atomic E-state index is -0.421. The molecule has 0 fully saturated rings. The van der Waals surface area contributed by atoms with E-state index in [0.29, 0.717) is 30.3 Å². The van der Waals surface area contributed by atoms with Crippen molar-refractivity contribution in [1.29, 1.82) is 0 Å². The van der Waals surface area contributed by atoms with E-state index in [1.165, 1.54) is 0 Å². The van der Waals surface area contributed by atoms with Gasteiger partial charge in [0.05, 0.1) is 12.1 Å². The number of carbonyl (C=O) groups is 1. The standard InChI is InChI=1S/C13H17ClINO3/c1-3-18-12(19-4-2)8-16-13(17)10-7-9(14)5-6-11(10)15/h5-7,12H,3-4,8H2,1-2H3,(H,16,17). The van der Waals surface area contributed by atoms with Gasteiger partial charge in [-0.15, -0.1) is 0 Å². The molecule has 1 aromatic carbocycles. The van der Waals surface area contributed by atoms with Crippen LogP contribution in [-0.2, 0) is 9.47 Å². The summed E-state index contributed by atoms with van der Waals surface area (Å²) in [5.74, 6) is -0.184. The Morgan fingerprint density at radius 1 is 1.37 bits per heavy atom. The predicted octanol–water partition coefficient (Wildman–Crippen LogP) is 3.07. The van der Waals surface area contributed by atoms with Gasteiger partial charge >= 0.3 is 0 Å². The molecule has 0 atom stereocenters. The summed E-state index contributed by atoms with van der Waals surface area (Å²) in [6, 6.07) is 5.21. The first-order chi connectivity index (χ1) is 9.08. The summed E-state index contributed by atoms with van der Waals surface area (Å²) in [6.45, 7) is 5.15. The smallest absolute Gasteiger partial charge is 0.252 e. The van der Waals surface area contributed by atoms with Gasteiger partial charge in [-0.2, -0.15) is 0 Å². The molecule has 1 amide bonds. The number of rotatable bonds is 7. The van der Waals surface area contributed by atoms with E-state index < -0.39 is 6.29 Å². The van der Waals surface area contributed by atoms with E-state index in [-0.39, 0.29) is 5.91 Å². The fourth-order valence-electron chi connectivity index (χ4n) is 1.48. The highest BCUT2D eigenvalue weighted by atomic mass is 127. The van der Waals surface area contributed by atoms with E-state index in [0.717, 1.165) is 3.57 Å². The summed E-state index contributed by atoms with van der Waals surface area (Å²) in [7, 11) is 0. The Morgan fingerprint density at radius 3 is 2.58 bits per heavy atom. The minimum absolute atomic E-state index is 0.184. The molecular weight excluding hydrogens is 381 g/mol. The van der Waals surface area contributed by atoms with E-state index in [9.17, 15) is 4.79 Å². The summed E-state index contributed by atoms with van der Waals surface area (Å²) in [5.41, 5.74) is 0.555. The zero-order chi connectivity index (χ0) is 14.3. The van der Waals surface area contributed by atoms with E-state index >= 15 is 0 Å². The molecule has 0 spiro atoms. The van der Waals surface area contributed by atoms with Crippen molar-refractivity contribution < 1.29 is 14.3 Å². The second-order valence-electron chi connectivity index (χ2n) is 3.67. The lowest BCUT2D eigenvalue weighted by Crippen LogP contribution is -2.35. The summed E-state index contributed by atoms with van der Waals surface area (Å²) in [6.07, 6.45) is -0.421. The van der Waals surface area contributed by atoms with Crippen LogP contribution in [-0.4, -0.2) is 32.0 Å². The second kappa shape index (κ2) is 8.73. The molecule has 0 aliphatic heterocycles. The average molecular weight is 398 g/mol. The molecule has 0 aliphatic rings. The summed E-state index contributed by atoms with van der Waals surface area (Å²) in [4.78, 5) is 12.0. The molecule has 0 aliphatic carbocycles. The van der Waals surface area contributed by atoms with Gasteiger partial charge in [-0.3, -0.25) is 4.79 Å². The molecule has 1 rings (SSSR count). The van der Waals surface area contributed by atoms with Crippen LogP contribution in [0.5, 0.6) is 0 Å². The van der Waals surface area contributed by atoms with Crippen LogP contribution in [0, 0.1) is 3.57 Å². The third-order valence-electron chi connectivity index (χ3n) is 2.31. The van der Waals surface area contributed by atoms with Gasteiger partial charge in [-0.1, -0.05) is 11.6 Å². The number of hydrogen-bond donors (Lipinski definition) is 1. The Labute approximate surface area is 131 Å². The van der Waals surface area contributed by atoms with Crippen LogP contribution in [0.15, 0.2) is 18.2 Å². The molecule has 19 heavy (non-hydrogen) atoms. The highest BCUT2D eigenvalue weighted by molar-refractivity contribution is 14.1. The third-order valence-corrected chi connectivity index (χ3v) is 3.48. The van der Waals surface area contributed by atoms with Gasteiger partial charge in [0, 0.05) is 21.8 Å². The molecule has 0 heterocycles. The second-order valence-corrected chi connectivity index (χ2v) is 5.27. The minimum Gasteiger partial charge on any atom is -0.351 e. The summed E-state index contributed by atoms with van der Waals surface area (Å²) < 4.78 is 11.6. The molecule has 1 aromatic rings. The van der Waals surface area contributed by atoms with Crippen LogP contribution in [0.1, 0.15) is 24.2 Å². The van der Waals surface area contributed by atoms with Crippen LogP contribution in [0.4, 0.5) is 0 Å². The summed E-state index contributed by atoms with van der Waals surface area (Å²) in [5, 5.41) is 3.32. The topological polar surface area (TPSA) is 47.6 Å². The van der Waals surface area contributed by atoms with Crippen molar-refractivity contribution in [3.05, 3.63) is 32.4 Å². The van der Waals surface area contributed by atoms with Gasteiger partial charge in [0.2, 0.25) is 0 Å². The largest absolute Gasteiger partial charge is 0.351 e. The van der Waals surface area contributed by atoms with E-state index in [1.807, 2.05) is 13.8 Å². The Morgan fingerprint density at radius 2 is 2.00 bits per heavy atom. The van der Waals surface area contributed by atoms with Crippen LogP contribution in [0.25, 0.3) is 0 Å². The maximum Gasteiger partial charge on any atom is 0.252 e. The van der Waals surface area contributed by atoms with Gasteiger partial charge in [-0.25, -0.2) is 0 Å². The Bertz CT molecular complexity index is 422. The van der Waals surface area contributed by atoms with Crippen LogP contribution < -0.4 is 5.32 Å². The van der Waals surface area contributed by atoms with Gasteiger partial charge in [0.1, 0.15) is 0 Å². The number of ether oxygens (including phenoxy) is 2. The number of nitrogens with one attached hydrogen (secondary N) is 1. The quantitative estimate of drug-likeness (QED) is 0.568. The van der Waals surface area contributed by atoms with Crippen molar-refractivity contribution >= 4 is 40.1 Å². The SMILES string of the molecule is CCOC(CNC(=O)c1cc(Cl)ccc1I)OCC. The molecule has 106 valence electrons. The van der Waals surface area contributed by atoms with Crippen molar-refractivity contribution in [3.8, 4) is 0 Å². The van der Waals surface area contributed by atoms with Crippen LogP contribution in [0.3, 0.4) is 0 Å². The first kappa shape index (κ1) is 16.7. The Hall–Kier alpha value is -0.370. The first-order valence-electron chi connectivity index (χ1n) is 6.04. The van der Waals surface area contributed by atoms with Crippen molar-refractivity contribution in [3.63, 3.8) is 0 Å². The number of benzene rings is 1. The molecular formula is C13H17ClINO3. The first-order valence-corrected chi connectivity index (χ1v) is 7.50. The highest BCUT2D eigenvalue weighted by Crippen LogP contribution is 2.17. The predicted molar refractivity (Wildman–Crippen MR) is 83.5 cm³/mol. The molecule has 6 heteroatoms. The van der Waals surface area contributed by atoms with E-state index in [2.05, 4.69) is 27.9 Å². The number of halogens is 2. The zero-order valence-corrected chi connectivity index (χ0v) is 13.8. The zero-order valence-electron chi connectivity index (χ0n) is 10.9. The number of hydrogen-bond acceptors (Lipinski definition) is 3. The lowest BCUT2D eigenvalue weighted by atomic mass is 10.2. The van der Waals surface area contributed by atoms with Crippen molar-refractivity contribution in [2.75, 3.05) is 19.8 Å². The van der Waals surface area contributed by atoms with Gasteiger partial charge in [0.15, 0.2) is 6.29 Å². The fourth-order valence-corrected chi connectivity index (χ4v) is 2.23. The molecule has 0 aromatic heterocycles. The number of amides is 1. The van der Waals surface area contributed by atoms with Crippen LogP contribution in [0.2, 0.25) is 5.02 Å². The number of carbonyl (C=O) groups excluding carboxylic acids is 1. The molecule has 4 nitrogen and oxygen atoms in total. The maximum absolute atomic E-state index is 12.0. The molecule has 0 unspecified atom stereocenters. The molecule has 0 radical (unpaired) electrons. The van der Waals surface area contributed by atoms with Crippen molar-refractivity contribution in [2.45, 2.75) is 20.1 Å². The molecule has 0 saturated heterocycles. The lowest BCUT2D eigenvalue weighted by Gasteiger charge is -2.17. The molecule has 0 bridgehead atoms. The normalized spacial score (nSPS) is 10.8.